The Morgan fingerprint density at radius 2 is 0.483 bits per heavy atom. The number of unbranched alkanes of at least 4 members (excludes halogenated alkanes) is 46. The molecule has 0 amide bonds. The topological polar surface area (TPSA) is 26.3 Å². The molecule has 0 aliphatic heterocycles. The maximum Gasteiger partial charge on any atom is 0.305 e. The zero-order chi connectivity index (χ0) is 41.8. The van der Waals surface area contributed by atoms with Crippen LogP contribution in [0.5, 0.6) is 0 Å². The van der Waals surface area contributed by atoms with Crippen LogP contribution in [0.4, 0.5) is 0 Å². The Balaban J connectivity index is 3.15. The predicted molar refractivity (Wildman–Crippen MR) is 262 cm³/mol. The van der Waals surface area contributed by atoms with Crippen molar-refractivity contribution in [2.45, 2.75) is 335 Å². The lowest BCUT2D eigenvalue weighted by molar-refractivity contribution is -0.143. The minimum atomic E-state index is 0.0267. The van der Waals surface area contributed by atoms with Crippen LogP contribution in [0, 0.1) is 0 Å². The molecule has 0 heterocycles. The quantitative estimate of drug-likeness (QED) is 0.0347. The lowest BCUT2D eigenvalue weighted by Crippen LogP contribution is -2.05. The highest BCUT2D eigenvalue weighted by Crippen LogP contribution is 2.18. The summed E-state index contributed by atoms with van der Waals surface area (Å²) in [6.07, 6.45) is 73.9. The smallest absolute Gasteiger partial charge is 0.305 e. The summed E-state index contributed by atoms with van der Waals surface area (Å²) in [5.74, 6) is 0.0267. The Kier molecular flexibility index (Phi) is 53.5. The number of hydrogen-bond acceptors (Lipinski definition) is 2. The van der Waals surface area contributed by atoms with Gasteiger partial charge in [-0.1, -0.05) is 302 Å². The third kappa shape index (κ3) is 53.2. The van der Waals surface area contributed by atoms with Gasteiger partial charge in [0, 0.05) is 6.42 Å². The van der Waals surface area contributed by atoms with Gasteiger partial charge < -0.3 is 4.74 Å². The first-order valence-corrected chi connectivity index (χ1v) is 27.6. The number of carbonyl (C=O) groups is 1. The van der Waals surface area contributed by atoms with Crippen LogP contribution >= 0.6 is 0 Å². The number of ether oxygens (including phenoxy) is 1. The molecule has 0 saturated heterocycles. The van der Waals surface area contributed by atoms with E-state index in [9.17, 15) is 4.79 Å². The predicted octanol–water partition coefficient (Wildman–Crippen LogP) is 20.6. The van der Waals surface area contributed by atoms with Crippen LogP contribution in [0.2, 0.25) is 0 Å². The second-order valence-corrected chi connectivity index (χ2v) is 18.9. The van der Waals surface area contributed by atoms with Gasteiger partial charge in [-0.25, -0.2) is 0 Å². The molecule has 0 spiro atoms. The maximum absolute atomic E-state index is 12.1. The fourth-order valence-corrected chi connectivity index (χ4v) is 8.78. The van der Waals surface area contributed by atoms with Crippen LogP contribution in [0.15, 0.2) is 12.2 Å². The van der Waals surface area contributed by atoms with E-state index in [0.717, 1.165) is 12.8 Å². The van der Waals surface area contributed by atoms with E-state index < -0.39 is 0 Å². The fourth-order valence-electron chi connectivity index (χ4n) is 8.78. The van der Waals surface area contributed by atoms with Gasteiger partial charge in [0.05, 0.1) is 6.61 Å². The molecular weight excluding hydrogens is 705 g/mol. The SMILES string of the molecule is CCCCCCCCC=CCCCCCCCCCC(=O)OCCCCCCCCCCCCCCCCCCCCCCCCCCCCCCCCCCCC. The van der Waals surface area contributed by atoms with Crippen molar-refractivity contribution in [3.63, 3.8) is 0 Å². The molecule has 0 aliphatic rings. The average molecular weight is 815 g/mol. The van der Waals surface area contributed by atoms with Crippen LogP contribution in [0.3, 0.4) is 0 Å². The molecule has 0 aliphatic carbocycles. The molecule has 0 saturated carbocycles. The van der Waals surface area contributed by atoms with Crippen molar-refractivity contribution in [3.8, 4) is 0 Å². The Morgan fingerprint density at radius 1 is 0.276 bits per heavy atom. The first-order chi connectivity index (χ1) is 28.8. The zero-order valence-corrected chi connectivity index (χ0v) is 40.5. The van der Waals surface area contributed by atoms with Gasteiger partial charge in [-0.15, -0.1) is 0 Å². The summed E-state index contributed by atoms with van der Waals surface area (Å²) in [5.41, 5.74) is 0. The lowest BCUT2D eigenvalue weighted by atomic mass is 10.0. The van der Waals surface area contributed by atoms with E-state index in [-0.39, 0.29) is 5.97 Å². The van der Waals surface area contributed by atoms with Gasteiger partial charge >= 0.3 is 5.97 Å². The summed E-state index contributed by atoms with van der Waals surface area (Å²) in [5, 5.41) is 0. The van der Waals surface area contributed by atoms with Gasteiger partial charge in [-0.3, -0.25) is 4.79 Å². The van der Waals surface area contributed by atoms with Crippen LogP contribution in [-0.2, 0) is 9.53 Å². The second-order valence-electron chi connectivity index (χ2n) is 18.9. The molecule has 0 fully saturated rings. The highest BCUT2D eigenvalue weighted by Gasteiger charge is 2.03. The Bertz CT molecular complexity index is 758. The van der Waals surface area contributed by atoms with E-state index in [1.807, 2.05) is 0 Å². The molecule has 0 aromatic heterocycles. The van der Waals surface area contributed by atoms with E-state index in [4.69, 9.17) is 4.74 Å². The van der Waals surface area contributed by atoms with E-state index >= 15 is 0 Å². The maximum atomic E-state index is 12.1. The van der Waals surface area contributed by atoms with E-state index in [1.54, 1.807) is 0 Å². The summed E-state index contributed by atoms with van der Waals surface area (Å²) in [4.78, 5) is 12.1. The molecule has 2 nitrogen and oxygen atoms in total. The largest absolute Gasteiger partial charge is 0.466 e. The first-order valence-electron chi connectivity index (χ1n) is 27.6. The molecule has 0 unspecified atom stereocenters. The van der Waals surface area contributed by atoms with Gasteiger partial charge in [0.2, 0.25) is 0 Å². The molecular formula is C56H110O2. The zero-order valence-electron chi connectivity index (χ0n) is 40.5. The fraction of sp³-hybridized carbons (Fsp3) is 0.946. The Hall–Kier alpha value is -0.790. The molecule has 0 bridgehead atoms. The molecule has 0 radical (unpaired) electrons. The molecule has 0 aromatic rings. The minimum absolute atomic E-state index is 0.0267. The average Bonchev–Trinajstić information content (AvgIpc) is 3.23. The molecule has 0 N–H and O–H groups in total. The lowest BCUT2D eigenvalue weighted by Gasteiger charge is -2.06. The summed E-state index contributed by atoms with van der Waals surface area (Å²) >= 11 is 0. The number of rotatable bonds is 52. The first kappa shape index (κ1) is 57.2. The molecule has 0 aromatic carbocycles. The standard InChI is InChI=1S/C56H110O2/c1-3-5-7-9-11-13-15-17-19-21-22-23-24-25-26-27-28-29-30-31-32-33-34-35-36-37-39-41-43-45-47-49-51-53-55-58-56(57)54-52-50-48-46-44-42-40-38-20-18-16-14-12-10-8-6-4-2/h18,20H,3-17,19,21-55H2,1-2H3. The van der Waals surface area contributed by atoms with Crippen molar-refractivity contribution in [1.29, 1.82) is 0 Å². The van der Waals surface area contributed by atoms with Crippen molar-refractivity contribution >= 4 is 5.97 Å². The Labute approximate surface area is 367 Å². The van der Waals surface area contributed by atoms with Gasteiger partial charge in [-0.05, 0) is 38.5 Å². The van der Waals surface area contributed by atoms with Crippen LogP contribution < -0.4 is 0 Å². The number of esters is 1. The monoisotopic (exact) mass is 815 g/mol. The number of hydrogen-bond donors (Lipinski definition) is 0. The highest BCUT2D eigenvalue weighted by atomic mass is 16.5. The summed E-state index contributed by atoms with van der Waals surface area (Å²) in [6.45, 7) is 5.23. The van der Waals surface area contributed by atoms with E-state index in [1.165, 1.54) is 302 Å². The van der Waals surface area contributed by atoms with Crippen LogP contribution in [0.1, 0.15) is 335 Å². The van der Waals surface area contributed by atoms with E-state index in [0.29, 0.717) is 13.0 Å². The summed E-state index contributed by atoms with van der Waals surface area (Å²) < 4.78 is 5.49. The molecule has 0 atom stereocenters. The third-order valence-electron chi connectivity index (χ3n) is 12.9. The Morgan fingerprint density at radius 3 is 0.741 bits per heavy atom. The molecule has 2 heteroatoms. The second kappa shape index (κ2) is 54.2. The summed E-state index contributed by atoms with van der Waals surface area (Å²) in [6, 6.07) is 0. The van der Waals surface area contributed by atoms with Gasteiger partial charge in [-0.2, -0.15) is 0 Å². The highest BCUT2D eigenvalue weighted by molar-refractivity contribution is 5.69. The molecule has 0 rings (SSSR count). The van der Waals surface area contributed by atoms with Crippen molar-refractivity contribution < 1.29 is 9.53 Å². The summed E-state index contributed by atoms with van der Waals surface area (Å²) in [7, 11) is 0. The van der Waals surface area contributed by atoms with E-state index in [2.05, 4.69) is 26.0 Å². The van der Waals surface area contributed by atoms with Crippen LogP contribution in [0.25, 0.3) is 0 Å². The third-order valence-corrected chi connectivity index (χ3v) is 12.9. The molecule has 58 heavy (non-hydrogen) atoms. The minimum Gasteiger partial charge on any atom is -0.466 e. The van der Waals surface area contributed by atoms with Crippen molar-refractivity contribution in [3.05, 3.63) is 12.2 Å². The van der Waals surface area contributed by atoms with Crippen molar-refractivity contribution in [1.82, 2.24) is 0 Å². The molecule has 346 valence electrons. The van der Waals surface area contributed by atoms with Crippen molar-refractivity contribution in [2.75, 3.05) is 6.61 Å². The van der Waals surface area contributed by atoms with Gasteiger partial charge in [0.1, 0.15) is 0 Å². The van der Waals surface area contributed by atoms with Crippen molar-refractivity contribution in [2.24, 2.45) is 0 Å². The van der Waals surface area contributed by atoms with Gasteiger partial charge in [0.15, 0.2) is 0 Å². The van der Waals surface area contributed by atoms with Crippen LogP contribution in [-0.4, -0.2) is 12.6 Å². The number of allylic oxidation sites excluding steroid dienone is 2. The normalized spacial score (nSPS) is 11.7. The number of carbonyl (C=O) groups excluding carboxylic acids is 1. The van der Waals surface area contributed by atoms with Gasteiger partial charge in [0.25, 0.3) is 0 Å².